The molecule has 0 amide bonds. The molecule has 0 atom stereocenters. The zero-order valence-electron chi connectivity index (χ0n) is 15.1. The molecule has 1 saturated carbocycles. The summed E-state index contributed by atoms with van der Waals surface area (Å²) in [7, 11) is 0. The van der Waals surface area contributed by atoms with Crippen molar-refractivity contribution in [1.82, 2.24) is 5.06 Å². The van der Waals surface area contributed by atoms with E-state index >= 15 is 0 Å². The molecule has 6 heteroatoms. The van der Waals surface area contributed by atoms with Gasteiger partial charge in [0.05, 0.1) is 0 Å². The summed E-state index contributed by atoms with van der Waals surface area (Å²) in [6, 6.07) is 12.6. The third-order valence-electron chi connectivity index (χ3n) is 5.37. The molecule has 2 aromatic carbocycles. The van der Waals surface area contributed by atoms with Crippen molar-refractivity contribution in [2.75, 3.05) is 0 Å². The third-order valence-corrected chi connectivity index (χ3v) is 5.37. The van der Waals surface area contributed by atoms with Crippen LogP contribution in [0.2, 0.25) is 0 Å². The van der Waals surface area contributed by atoms with E-state index < -0.39 is 5.66 Å². The van der Waals surface area contributed by atoms with E-state index in [4.69, 9.17) is 16.3 Å². The molecule has 2 aliphatic rings. The van der Waals surface area contributed by atoms with Crippen molar-refractivity contribution in [2.24, 2.45) is 21.5 Å². The maximum absolute atomic E-state index is 6.19. The van der Waals surface area contributed by atoms with Gasteiger partial charge < -0.3 is 11.5 Å². The number of hydrogen-bond donors (Lipinski definition) is 2. The van der Waals surface area contributed by atoms with Crippen LogP contribution in [-0.4, -0.2) is 22.6 Å². The number of nitrogens with two attached hydrogens (primary N) is 2. The van der Waals surface area contributed by atoms with Gasteiger partial charge in [0.15, 0.2) is 5.66 Å². The van der Waals surface area contributed by atoms with Crippen LogP contribution in [0.25, 0.3) is 10.8 Å². The van der Waals surface area contributed by atoms with Gasteiger partial charge in [-0.25, -0.2) is 4.99 Å². The second-order valence-corrected chi connectivity index (χ2v) is 7.14. The predicted octanol–water partition coefficient (Wildman–Crippen LogP) is 3.19. The molecule has 0 aromatic heterocycles. The number of aryl methyl sites for hydroxylation is 1. The summed E-state index contributed by atoms with van der Waals surface area (Å²) in [4.78, 5) is 14.9. The first-order chi connectivity index (χ1) is 12.6. The van der Waals surface area contributed by atoms with Crippen molar-refractivity contribution in [1.29, 1.82) is 0 Å². The first-order valence-corrected chi connectivity index (χ1v) is 9.19. The van der Waals surface area contributed by atoms with Crippen LogP contribution >= 0.6 is 0 Å². The molecule has 0 radical (unpaired) electrons. The molecule has 26 heavy (non-hydrogen) atoms. The van der Waals surface area contributed by atoms with Gasteiger partial charge in [-0.3, -0.25) is 4.84 Å². The van der Waals surface area contributed by atoms with Gasteiger partial charge in [-0.1, -0.05) is 42.8 Å². The highest BCUT2D eigenvalue weighted by atomic mass is 16.7. The Balaban J connectivity index is 1.63. The second-order valence-electron chi connectivity index (χ2n) is 7.14. The summed E-state index contributed by atoms with van der Waals surface area (Å²) in [5, 5.41) is 4.13. The summed E-state index contributed by atoms with van der Waals surface area (Å²) in [6.07, 6.45) is 5.11. The standard InChI is InChI=1S/C20H25N5O/c1-14-9-10-15(17-8-4-3-7-16(14)17)13-26-25-19(22)23-18(21)24-20(25)11-5-2-6-12-20/h3-4,7-10H,2,5-6,11-13H2,1H3,(H4,21,22,23,24). The van der Waals surface area contributed by atoms with Crippen LogP contribution in [0.15, 0.2) is 46.4 Å². The number of guanidine groups is 2. The van der Waals surface area contributed by atoms with Crippen molar-refractivity contribution in [3.8, 4) is 0 Å². The summed E-state index contributed by atoms with van der Waals surface area (Å²) in [5.41, 5.74) is 13.9. The molecular formula is C20H25N5O. The minimum atomic E-state index is -0.519. The average Bonchev–Trinajstić information content (AvgIpc) is 2.63. The monoisotopic (exact) mass is 351 g/mol. The Bertz CT molecular complexity index is 883. The fraction of sp³-hybridized carbons (Fsp3) is 0.400. The molecule has 2 aromatic rings. The van der Waals surface area contributed by atoms with Gasteiger partial charge in [0, 0.05) is 0 Å². The van der Waals surface area contributed by atoms with E-state index in [0.29, 0.717) is 6.61 Å². The lowest BCUT2D eigenvalue weighted by molar-refractivity contribution is -0.185. The van der Waals surface area contributed by atoms with Crippen molar-refractivity contribution in [2.45, 2.75) is 51.3 Å². The number of hydrogen-bond acceptors (Lipinski definition) is 6. The van der Waals surface area contributed by atoms with Crippen molar-refractivity contribution >= 4 is 22.7 Å². The van der Waals surface area contributed by atoms with Crippen LogP contribution in [-0.2, 0) is 11.4 Å². The first kappa shape index (κ1) is 16.8. The summed E-state index contributed by atoms with van der Waals surface area (Å²) >= 11 is 0. The topological polar surface area (TPSA) is 89.2 Å². The molecule has 6 nitrogen and oxygen atoms in total. The van der Waals surface area contributed by atoms with Crippen LogP contribution in [0.5, 0.6) is 0 Å². The maximum Gasteiger partial charge on any atom is 0.226 e. The molecule has 0 saturated heterocycles. The Labute approximate surface area is 153 Å². The lowest BCUT2D eigenvalue weighted by Gasteiger charge is -2.44. The Morgan fingerprint density at radius 2 is 1.77 bits per heavy atom. The molecule has 0 bridgehead atoms. The molecule has 136 valence electrons. The molecule has 1 aliphatic carbocycles. The van der Waals surface area contributed by atoms with Crippen LogP contribution < -0.4 is 11.5 Å². The Kier molecular flexibility index (Phi) is 4.28. The van der Waals surface area contributed by atoms with E-state index in [1.54, 1.807) is 5.06 Å². The van der Waals surface area contributed by atoms with Gasteiger partial charge in [-0.15, -0.1) is 0 Å². The Morgan fingerprint density at radius 1 is 1.04 bits per heavy atom. The van der Waals surface area contributed by atoms with E-state index in [0.717, 1.165) is 31.2 Å². The molecule has 1 spiro atoms. The highest BCUT2D eigenvalue weighted by Gasteiger charge is 2.43. The van der Waals surface area contributed by atoms with Gasteiger partial charge >= 0.3 is 0 Å². The number of benzene rings is 2. The molecule has 1 aliphatic heterocycles. The third kappa shape index (κ3) is 2.90. The second kappa shape index (κ2) is 6.61. The van der Waals surface area contributed by atoms with Crippen molar-refractivity contribution < 1.29 is 4.84 Å². The summed E-state index contributed by atoms with van der Waals surface area (Å²) < 4.78 is 0. The van der Waals surface area contributed by atoms with E-state index in [2.05, 4.69) is 53.3 Å². The number of aliphatic imine (C=N–C) groups is 2. The van der Waals surface area contributed by atoms with Gasteiger partial charge in [0.25, 0.3) is 0 Å². The van der Waals surface area contributed by atoms with Crippen molar-refractivity contribution in [3.63, 3.8) is 0 Å². The number of rotatable bonds is 3. The van der Waals surface area contributed by atoms with E-state index in [1.165, 1.54) is 22.8 Å². The first-order valence-electron chi connectivity index (χ1n) is 9.19. The average molecular weight is 351 g/mol. The fourth-order valence-electron chi connectivity index (χ4n) is 4.05. The zero-order chi connectivity index (χ0) is 18.1. The molecule has 4 rings (SSSR count). The SMILES string of the molecule is Cc1ccc(CON2C(N)=NC(N)=NC23CCCCC3)c2ccccc12. The van der Waals surface area contributed by atoms with Crippen LogP contribution in [0.3, 0.4) is 0 Å². The van der Waals surface area contributed by atoms with Crippen LogP contribution in [0.4, 0.5) is 0 Å². The minimum Gasteiger partial charge on any atom is -0.368 e. The Hall–Kier alpha value is -2.60. The minimum absolute atomic E-state index is 0.241. The maximum atomic E-state index is 6.19. The van der Waals surface area contributed by atoms with Gasteiger partial charge in [0.1, 0.15) is 6.61 Å². The van der Waals surface area contributed by atoms with Crippen molar-refractivity contribution in [3.05, 3.63) is 47.5 Å². The van der Waals surface area contributed by atoms with E-state index in [9.17, 15) is 0 Å². The number of nitrogens with zero attached hydrogens (tertiary/aromatic N) is 3. The van der Waals surface area contributed by atoms with E-state index in [1.807, 2.05) is 0 Å². The van der Waals surface area contributed by atoms with Gasteiger partial charge in [0.2, 0.25) is 11.9 Å². The predicted molar refractivity (Wildman–Crippen MR) is 104 cm³/mol. The van der Waals surface area contributed by atoms with E-state index in [-0.39, 0.29) is 11.9 Å². The molecule has 0 unspecified atom stereocenters. The van der Waals surface area contributed by atoms with Gasteiger partial charge in [-0.2, -0.15) is 10.1 Å². The quantitative estimate of drug-likeness (QED) is 0.889. The highest BCUT2D eigenvalue weighted by Crippen LogP contribution is 2.37. The molecular weight excluding hydrogens is 326 g/mol. The summed E-state index contributed by atoms with van der Waals surface area (Å²) in [6.45, 7) is 2.53. The number of fused-ring (bicyclic) bond motifs is 1. The zero-order valence-corrected chi connectivity index (χ0v) is 15.1. The molecule has 1 heterocycles. The van der Waals surface area contributed by atoms with Crippen LogP contribution in [0, 0.1) is 6.92 Å². The van der Waals surface area contributed by atoms with Gasteiger partial charge in [-0.05, 0) is 54.5 Å². The lowest BCUT2D eigenvalue weighted by Crippen LogP contribution is -2.57. The summed E-state index contributed by atoms with van der Waals surface area (Å²) in [5.74, 6) is 0.529. The highest BCUT2D eigenvalue weighted by molar-refractivity contribution is 5.95. The smallest absolute Gasteiger partial charge is 0.226 e. The molecule has 4 N–H and O–H groups in total. The Morgan fingerprint density at radius 3 is 2.54 bits per heavy atom. The van der Waals surface area contributed by atoms with Crippen LogP contribution in [0.1, 0.15) is 43.2 Å². The lowest BCUT2D eigenvalue weighted by atomic mass is 9.89. The normalized spacial score (nSPS) is 19.5. The largest absolute Gasteiger partial charge is 0.368 e. The number of hydroxylamine groups is 2. The fourth-order valence-corrected chi connectivity index (χ4v) is 4.05. The molecule has 1 fully saturated rings.